The molecule has 7 nitrogen and oxygen atoms in total. The zero-order valence-electron chi connectivity index (χ0n) is 14.4. The molecule has 8 heteroatoms. The summed E-state index contributed by atoms with van der Waals surface area (Å²) in [7, 11) is -1.98. The van der Waals surface area contributed by atoms with Crippen molar-refractivity contribution in [2.45, 2.75) is 39.3 Å². The Morgan fingerprint density at radius 1 is 1.39 bits per heavy atom. The van der Waals surface area contributed by atoms with Gasteiger partial charge >= 0.3 is 6.09 Å². The van der Waals surface area contributed by atoms with E-state index in [1.165, 1.54) is 11.2 Å². The number of hydrogen-bond acceptors (Lipinski definition) is 6. The standard InChI is InChI=1S/C15H25NO6S/c1-11(10-21-23(6,18)19)13(12-8-7-9-20-12)16(5)14(17)22-15(2,3)4/h7-9,11,13H,10H2,1-6H3. The van der Waals surface area contributed by atoms with Crippen LogP contribution in [-0.4, -0.2) is 44.9 Å². The topological polar surface area (TPSA) is 86.1 Å². The van der Waals surface area contributed by atoms with Crippen LogP contribution in [0.5, 0.6) is 0 Å². The minimum absolute atomic E-state index is 0.0721. The molecule has 0 saturated heterocycles. The van der Waals surface area contributed by atoms with Gasteiger partial charge in [-0.1, -0.05) is 6.92 Å². The Balaban J connectivity index is 2.95. The van der Waals surface area contributed by atoms with Crippen molar-refractivity contribution >= 4 is 16.2 Å². The van der Waals surface area contributed by atoms with E-state index in [1.807, 2.05) is 0 Å². The number of carbonyl (C=O) groups is 1. The lowest BCUT2D eigenvalue weighted by molar-refractivity contribution is 0.0115. The molecule has 0 radical (unpaired) electrons. The van der Waals surface area contributed by atoms with Crippen molar-refractivity contribution in [3.05, 3.63) is 24.2 Å². The van der Waals surface area contributed by atoms with Crippen LogP contribution in [0.4, 0.5) is 4.79 Å². The van der Waals surface area contributed by atoms with Gasteiger partial charge in [0.05, 0.1) is 25.2 Å². The maximum Gasteiger partial charge on any atom is 0.410 e. The molecule has 0 fully saturated rings. The highest BCUT2D eigenvalue weighted by atomic mass is 32.2. The molecule has 0 bridgehead atoms. The second-order valence-electron chi connectivity index (χ2n) is 6.52. The van der Waals surface area contributed by atoms with E-state index in [0.717, 1.165) is 6.26 Å². The molecule has 0 aromatic carbocycles. The van der Waals surface area contributed by atoms with Crippen LogP contribution in [0.3, 0.4) is 0 Å². The van der Waals surface area contributed by atoms with Crippen molar-refractivity contribution in [1.29, 1.82) is 0 Å². The van der Waals surface area contributed by atoms with Gasteiger partial charge in [0, 0.05) is 13.0 Å². The van der Waals surface area contributed by atoms with Gasteiger partial charge in [-0.05, 0) is 32.9 Å². The fraction of sp³-hybridized carbons (Fsp3) is 0.667. The molecule has 0 saturated carbocycles. The third kappa shape index (κ3) is 6.62. The van der Waals surface area contributed by atoms with Crippen LogP contribution in [0.15, 0.2) is 22.8 Å². The molecular formula is C15H25NO6S. The summed E-state index contributed by atoms with van der Waals surface area (Å²) >= 11 is 0. The van der Waals surface area contributed by atoms with Crippen LogP contribution in [0.1, 0.15) is 39.5 Å². The third-order valence-corrected chi connectivity index (χ3v) is 3.58. The molecule has 1 heterocycles. The van der Waals surface area contributed by atoms with Crippen molar-refractivity contribution < 1.29 is 26.5 Å². The second kappa shape index (κ2) is 7.35. The van der Waals surface area contributed by atoms with E-state index >= 15 is 0 Å². The van der Waals surface area contributed by atoms with Crippen LogP contribution in [0.2, 0.25) is 0 Å². The van der Waals surface area contributed by atoms with E-state index in [0.29, 0.717) is 5.76 Å². The number of hydrogen-bond donors (Lipinski definition) is 0. The minimum Gasteiger partial charge on any atom is -0.467 e. The molecule has 0 aliphatic heterocycles. The molecule has 1 rings (SSSR count). The Morgan fingerprint density at radius 3 is 2.43 bits per heavy atom. The van der Waals surface area contributed by atoms with Gasteiger partial charge in [0.25, 0.3) is 10.1 Å². The van der Waals surface area contributed by atoms with Gasteiger partial charge in [-0.3, -0.25) is 4.18 Å². The summed E-state index contributed by atoms with van der Waals surface area (Å²) in [5, 5.41) is 0. The Kier molecular flexibility index (Phi) is 6.24. The summed E-state index contributed by atoms with van der Waals surface area (Å²) < 4.78 is 38.0. The first-order valence-corrected chi connectivity index (χ1v) is 9.06. The number of rotatable bonds is 6. The molecule has 0 N–H and O–H groups in total. The highest BCUT2D eigenvalue weighted by Crippen LogP contribution is 2.30. The third-order valence-electron chi connectivity index (χ3n) is 3.02. The molecule has 2 unspecified atom stereocenters. The average molecular weight is 347 g/mol. The first-order chi connectivity index (χ1) is 10.4. The minimum atomic E-state index is -3.56. The Hall–Kier alpha value is -1.54. The van der Waals surface area contributed by atoms with E-state index in [9.17, 15) is 13.2 Å². The van der Waals surface area contributed by atoms with Crippen LogP contribution < -0.4 is 0 Å². The molecule has 2 atom stereocenters. The fourth-order valence-electron chi connectivity index (χ4n) is 2.08. The highest BCUT2D eigenvalue weighted by Gasteiger charge is 2.32. The number of amides is 1. The van der Waals surface area contributed by atoms with E-state index in [-0.39, 0.29) is 12.5 Å². The van der Waals surface area contributed by atoms with Gasteiger partial charge in [0.15, 0.2) is 0 Å². The normalized spacial score (nSPS) is 15.0. The van der Waals surface area contributed by atoms with Crippen LogP contribution in [0.25, 0.3) is 0 Å². The maximum atomic E-state index is 12.3. The van der Waals surface area contributed by atoms with Gasteiger partial charge in [0.1, 0.15) is 11.4 Å². The molecule has 1 amide bonds. The summed E-state index contributed by atoms with van der Waals surface area (Å²) in [6.07, 6.45) is 1.96. The summed E-state index contributed by atoms with van der Waals surface area (Å²) in [4.78, 5) is 13.7. The molecule has 132 valence electrons. The van der Waals surface area contributed by atoms with Crippen molar-refractivity contribution in [3.8, 4) is 0 Å². The maximum absolute atomic E-state index is 12.3. The first kappa shape index (κ1) is 19.5. The monoisotopic (exact) mass is 347 g/mol. The lowest BCUT2D eigenvalue weighted by atomic mass is 9.99. The first-order valence-electron chi connectivity index (χ1n) is 7.24. The van der Waals surface area contributed by atoms with Gasteiger partial charge in [-0.25, -0.2) is 4.79 Å². The average Bonchev–Trinajstić information content (AvgIpc) is 2.87. The van der Waals surface area contributed by atoms with E-state index in [2.05, 4.69) is 0 Å². The zero-order valence-corrected chi connectivity index (χ0v) is 15.2. The zero-order chi connectivity index (χ0) is 17.8. The Labute approximate surface area is 137 Å². The van der Waals surface area contributed by atoms with E-state index < -0.39 is 27.9 Å². The number of carbonyl (C=O) groups excluding carboxylic acids is 1. The largest absolute Gasteiger partial charge is 0.467 e. The molecule has 0 spiro atoms. The van der Waals surface area contributed by atoms with Gasteiger partial charge < -0.3 is 14.1 Å². The van der Waals surface area contributed by atoms with Crippen LogP contribution >= 0.6 is 0 Å². The molecule has 1 aromatic heterocycles. The van der Waals surface area contributed by atoms with E-state index in [1.54, 1.807) is 46.9 Å². The molecular weight excluding hydrogens is 322 g/mol. The van der Waals surface area contributed by atoms with Crippen LogP contribution in [-0.2, 0) is 19.0 Å². The van der Waals surface area contributed by atoms with Gasteiger partial charge in [-0.15, -0.1) is 0 Å². The van der Waals surface area contributed by atoms with Gasteiger partial charge in [-0.2, -0.15) is 8.42 Å². The quantitative estimate of drug-likeness (QED) is 0.736. The lowest BCUT2D eigenvalue weighted by Gasteiger charge is -2.32. The molecule has 0 aliphatic carbocycles. The molecule has 23 heavy (non-hydrogen) atoms. The predicted octanol–water partition coefficient (Wildman–Crippen LogP) is 2.80. The predicted molar refractivity (Wildman–Crippen MR) is 85.4 cm³/mol. The van der Waals surface area contributed by atoms with Gasteiger partial charge in [0.2, 0.25) is 0 Å². The highest BCUT2D eigenvalue weighted by molar-refractivity contribution is 7.85. The van der Waals surface area contributed by atoms with Crippen molar-refractivity contribution in [3.63, 3.8) is 0 Å². The summed E-state index contributed by atoms with van der Waals surface area (Å²) in [5.74, 6) is 0.205. The Bertz CT molecular complexity index is 602. The van der Waals surface area contributed by atoms with Crippen molar-refractivity contribution in [2.24, 2.45) is 5.92 Å². The number of nitrogens with zero attached hydrogens (tertiary/aromatic N) is 1. The smallest absolute Gasteiger partial charge is 0.410 e. The Morgan fingerprint density at radius 2 is 2.00 bits per heavy atom. The molecule has 1 aromatic rings. The lowest BCUT2D eigenvalue weighted by Crippen LogP contribution is -2.39. The SMILES string of the molecule is CC(COS(C)(=O)=O)C(c1ccco1)N(C)C(=O)OC(C)(C)C. The second-order valence-corrected chi connectivity index (χ2v) is 8.16. The fourth-order valence-corrected chi connectivity index (χ4v) is 2.54. The van der Waals surface area contributed by atoms with E-state index in [4.69, 9.17) is 13.3 Å². The van der Waals surface area contributed by atoms with Crippen LogP contribution in [0, 0.1) is 5.92 Å². The summed E-state index contributed by atoms with van der Waals surface area (Å²) in [5.41, 5.74) is -0.633. The molecule has 0 aliphatic rings. The summed E-state index contributed by atoms with van der Waals surface area (Å²) in [6, 6.07) is 2.92. The van der Waals surface area contributed by atoms with Crippen molar-refractivity contribution in [2.75, 3.05) is 19.9 Å². The summed E-state index contributed by atoms with van der Waals surface area (Å²) in [6.45, 7) is 7.03. The number of furan rings is 1. The number of ether oxygens (including phenoxy) is 1. The van der Waals surface area contributed by atoms with Crippen molar-refractivity contribution in [1.82, 2.24) is 4.90 Å².